The molecule has 5 heteroatoms. The molecule has 0 spiro atoms. The number of ether oxygens (including phenoxy) is 3. The van der Waals surface area contributed by atoms with Crippen molar-refractivity contribution in [1.29, 1.82) is 0 Å². The van der Waals surface area contributed by atoms with E-state index in [1.54, 1.807) is 0 Å². The van der Waals surface area contributed by atoms with Crippen molar-refractivity contribution in [3.05, 3.63) is 0 Å². The molecule has 0 aromatic heterocycles. The molecular formula is C22H38O5. The van der Waals surface area contributed by atoms with Crippen LogP contribution in [0.15, 0.2) is 0 Å². The van der Waals surface area contributed by atoms with E-state index >= 15 is 0 Å². The lowest BCUT2D eigenvalue weighted by Gasteiger charge is -2.18. The van der Waals surface area contributed by atoms with Crippen molar-refractivity contribution in [3.63, 3.8) is 0 Å². The van der Waals surface area contributed by atoms with Gasteiger partial charge in [0.1, 0.15) is 0 Å². The van der Waals surface area contributed by atoms with Gasteiger partial charge < -0.3 is 14.2 Å². The summed E-state index contributed by atoms with van der Waals surface area (Å²) >= 11 is 0. The third-order valence-electron chi connectivity index (χ3n) is 5.81. The fourth-order valence-electron chi connectivity index (χ4n) is 3.72. The van der Waals surface area contributed by atoms with Crippen LogP contribution >= 0.6 is 0 Å². The van der Waals surface area contributed by atoms with Gasteiger partial charge in [0, 0.05) is 12.8 Å². The Balaban J connectivity index is 1.45. The fourth-order valence-corrected chi connectivity index (χ4v) is 3.72. The van der Waals surface area contributed by atoms with Gasteiger partial charge in [0.2, 0.25) is 0 Å². The maximum Gasteiger partial charge on any atom is 0.305 e. The van der Waals surface area contributed by atoms with Gasteiger partial charge in [0.05, 0.1) is 25.4 Å². The molecule has 1 aliphatic heterocycles. The van der Waals surface area contributed by atoms with E-state index < -0.39 is 0 Å². The van der Waals surface area contributed by atoms with Crippen molar-refractivity contribution in [3.8, 4) is 0 Å². The second-order valence-electron chi connectivity index (χ2n) is 8.71. The molecule has 27 heavy (non-hydrogen) atoms. The van der Waals surface area contributed by atoms with Crippen LogP contribution in [-0.2, 0) is 23.8 Å². The lowest BCUT2D eigenvalue weighted by atomic mass is 9.90. The largest absolute Gasteiger partial charge is 0.465 e. The Labute approximate surface area is 164 Å². The summed E-state index contributed by atoms with van der Waals surface area (Å²) in [4.78, 5) is 23.7. The van der Waals surface area contributed by atoms with Crippen LogP contribution in [0.1, 0.15) is 85.0 Å². The maximum atomic E-state index is 11.9. The molecule has 0 aromatic rings. The highest BCUT2D eigenvalue weighted by Gasteiger charge is 2.43. The summed E-state index contributed by atoms with van der Waals surface area (Å²) < 4.78 is 16.3. The smallest absolute Gasteiger partial charge is 0.305 e. The number of hydrogen-bond donors (Lipinski definition) is 0. The van der Waals surface area contributed by atoms with E-state index in [0.29, 0.717) is 68.9 Å². The molecule has 1 saturated heterocycles. The lowest BCUT2D eigenvalue weighted by Crippen LogP contribution is -2.20. The zero-order valence-corrected chi connectivity index (χ0v) is 17.4. The predicted octanol–water partition coefficient (Wildman–Crippen LogP) is 4.66. The first-order chi connectivity index (χ1) is 13.0. The van der Waals surface area contributed by atoms with E-state index in [-0.39, 0.29) is 11.9 Å². The molecule has 2 rings (SSSR count). The lowest BCUT2D eigenvalue weighted by molar-refractivity contribution is -0.147. The van der Waals surface area contributed by atoms with E-state index in [2.05, 4.69) is 20.8 Å². The van der Waals surface area contributed by atoms with Crippen LogP contribution in [-0.4, -0.2) is 37.4 Å². The molecule has 2 aliphatic rings. The van der Waals surface area contributed by atoms with E-state index in [1.807, 2.05) is 0 Å². The van der Waals surface area contributed by atoms with Crippen LogP contribution in [0.2, 0.25) is 0 Å². The number of fused-ring (bicyclic) bond motifs is 1. The molecule has 0 N–H and O–H groups in total. The second-order valence-corrected chi connectivity index (χ2v) is 8.71. The Morgan fingerprint density at radius 3 is 2.33 bits per heavy atom. The molecule has 1 aliphatic carbocycles. The van der Waals surface area contributed by atoms with Gasteiger partial charge in [0.25, 0.3) is 0 Å². The highest BCUT2D eigenvalue weighted by molar-refractivity contribution is 5.70. The minimum absolute atomic E-state index is 0.146. The first-order valence-electron chi connectivity index (χ1n) is 10.9. The van der Waals surface area contributed by atoms with Gasteiger partial charge in [-0.05, 0) is 56.3 Å². The highest BCUT2D eigenvalue weighted by Crippen LogP contribution is 2.39. The standard InChI is InChI=1S/C22H38O5/c1-4-17(10-9-16(2)3)14-25-21(23)7-5-6-8-22(24)26-15-18-11-12-19-20(13-18)27-19/h16-20H,4-15H2,1-3H3. The molecule has 0 aromatic carbocycles. The minimum atomic E-state index is -0.151. The Kier molecular flexibility index (Phi) is 9.60. The number of carbonyl (C=O) groups is 2. The van der Waals surface area contributed by atoms with Crippen molar-refractivity contribution < 1.29 is 23.8 Å². The van der Waals surface area contributed by atoms with Crippen LogP contribution in [0, 0.1) is 17.8 Å². The van der Waals surface area contributed by atoms with Crippen LogP contribution in [0.3, 0.4) is 0 Å². The van der Waals surface area contributed by atoms with E-state index in [0.717, 1.165) is 32.1 Å². The SMILES string of the molecule is CCC(CCC(C)C)COC(=O)CCCCC(=O)OCC1CCC2OC2C1. The average Bonchev–Trinajstić information content (AvgIpc) is 3.42. The summed E-state index contributed by atoms with van der Waals surface area (Å²) in [5, 5.41) is 0. The molecule has 156 valence electrons. The molecule has 1 saturated carbocycles. The Morgan fingerprint density at radius 2 is 1.70 bits per heavy atom. The van der Waals surface area contributed by atoms with Gasteiger partial charge in [-0.25, -0.2) is 0 Å². The van der Waals surface area contributed by atoms with E-state index in [1.165, 1.54) is 6.42 Å². The van der Waals surface area contributed by atoms with Crippen molar-refractivity contribution in [2.45, 2.75) is 97.2 Å². The van der Waals surface area contributed by atoms with Crippen LogP contribution in [0.25, 0.3) is 0 Å². The number of esters is 2. The number of hydrogen-bond acceptors (Lipinski definition) is 5. The van der Waals surface area contributed by atoms with Gasteiger partial charge in [0.15, 0.2) is 0 Å². The van der Waals surface area contributed by atoms with Crippen LogP contribution < -0.4 is 0 Å². The van der Waals surface area contributed by atoms with Gasteiger partial charge in [-0.15, -0.1) is 0 Å². The normalized spacial score (nSPS) is 25.0. The quantitative estimate of drug-likeness (QED) is 0.263. The van der Waals surface area contributed by atoms with Gasteiger partial charge in [-0.3, -0.25) is 9.59 Å². The van der Waals surface area contributed by atoms with Crippen LogP contribution in [0.5, 0.6) is 0 Å². The molecule has 0 radical (unpaired) electrons. The zero-order valence-electron chi connectivity index (χ0n) is 17.4. The Morgan fingerprint density at radius 1 is 1.00 bits per heavy atom. The van der Waals surface area contributed by atoms with Crippen LogP contribution in [0.4, 0.5) is 0 Å². The Hall–Kier alpha value is -1.10. The zero-order chi connectivity index (χ0) is 19.6. The van der Waals surface area contributed by atoms with E-state index in [9.17, 15) is 9.59 Å². The molecule has 4 atom stereocenters. The summed E-state index contributed by atoms with van der Waals surface area (Å²) in [5.74, 6) is 1.30. The maximum absolute atomic E-state index is 11.9. The molecule has 5 nitrogen and oxygen atoms in total. The number of rotatable bonds is 13. The van der Waals surface area contributed by atoms with E-state index in [4.69, 9.17) is 14.2 Å². The summed E-state index contributed by atoms with van der Waals surface area (Å²) in [6.07, 6.45) is 9.59. The second kappa shape index (κ2) is 11.7. The first kappa shape index (κ1) is 22.2. The number of carbonyl (C=O) groups excluding carboxylic acids is 2. The highest BCUT2D eigenvalue weighted by atomic mass is 16.6. The third kappa shape index (κ3) is 9.09. The molecule has 0 bridgehead atoms. The van der Waals surface area contributed by atoms with Gasteiger partial charge in [-0.2, -0.15) is 0 Å². The predicted molar refractivity (Wildman–Crippen MR) is 104 cm³/mol. The molecule has 0 amide bonds. The molecule has 1 heterocycles. The van der Waals surface area contributed by atoms with Crippen molar-refractivity contribution >= 4 is 11.9 Å². The summed E-state index contributed by atoms with van der Waals surface area (Å²) in [6.45, 7) is 7.62. The average molecular weight is 383 g/mol. The van der Waals surface area contributed by atoms with Gasteiger partial charge >= 0.3 is 11.9 Å². The van der Waals surface area contributed by atoms with Crippen molar-refractivity contribution in [2.75, 3.05) is 13.2 Å². The summed E-state index contributed by atoms with van der Waals surface area (Å²) in [5.41, 5.74) is 0. The first-order valence-corrected chi connectivity index (χ1v) is 10.9. The molecule has 4 unspecified atom stereocenters. The summed E-state index contributed by atoms with van der Waals surface area (Å²) in [6, 6.07) is 0. The molecular weight excluding hydrogens is 344 g/mol. The van der Waals surface area contributed by atoms with Gasteiger partial charge in [-0.1, -0.05) is 33.6 Å². The topological polar surface area (TPSA) is 65.1 Å². The summed E-state index contributed by atoms with van der Waals surface area (Å²) in [7, 11) is 0. The number of unbranched alkanes of at least 4 members (excludes halogenated alkanes) is 1. The number of epoxide rings is 1. The third-order valence-corrected chi connectivity index (χ3v) is 5.81. The molecule has 2 fully saturated rings. The fraction of sp³-hybridized carbons (Fsp3) is 0.909. The minimum Gasteiger partial charge on any atom is -0.465 e. The monoisotopic (exact) mass is 382 g/mol. The van der Waals surface area contributed by atoms with Crippen molar-refractivity contribution in [1.82, 2.24) is 0 Å². The Bertz CT molecular complexity index is 462. The van der Waals surface area contributed by atoms with Crippen molar-refractivity contribution in [2.24, 2.45) is 17.8 Å².